The molecule has 0 atom stereocenters. The number of hydrogen-bond donors (Lipinski definition) is 2. The molecular formula is C16H25N3O2. The van der Waals surface area contributed by atoms with Gasteiger partial charge in [0.2, 0.25) is 5.91 Å². The minimum Gasteiger partial charge on any atom is -0.399 e. The summed E-state index contributed by atoms with van der Waals surface area (Å²) in [6, 6.07) is 7.20. The predicted molar refractivity (Wildman–Crippen MR) is 85.2 cm³/mol. The molecule has 0 aliphatic carbocycles. The van der Waals surface area contributed by atoms with Gasteiger partial charge in [-0.2, -0.15) is 0 Å². The van der Waals surface area contributed by atoms with Gasteiger partial charge in [0.15, 0.2) is 0 Å². The number of carbonyl (C=O) groups excluding carboxylic acids is 1. The van der Waals surface area contributed by atoms with Crippen LogP contribution in [-0.4, -0.2) is 42.6 Å². The maximum Gasteiger partial charge on any atom is 0.224 e. The van der Waals surface area contributed by atoms with Crippen LogP contribution in [-0.2, 0) is 9.53 Å². The Morgan fingerprint density at radius 2 is 2.10 bits per heavy atom. The van der Waals surface area contributed by atoms with Crippen molar-refractivity contribution in [3.8, 4) is 0 Å². The van der Waals surface area contributed by atoms with Crippen molar-refractivity contribution in [2.75, 3.05) is 37.3 Å². The van der Waals surface area contributed by atoms with Crippen LogP contribution in [0.3, 0.4) is 0 Å². The lowest BCUT2D eigenvalue weighted by Gasteiger charge is -2.38. The van der Waals surface area contributed by atoms with Gasteiger partial charge < -0.3 is 15.8 Å². The van der Waals surface area contributed by atoms with Gasteiger partial charge in [-0.15, -0.1) is 0 Å². The molecule has 0 saturated carbocycles. The molecule has 0 radical (unpaired) electrons. The monoisotopic (exact) mass is 291 g/mol. The third-order valence-corrected chi connectivity index (χ3v) is 3.58. The molecule has 1 aromatic rings. The summed E-state index contributed by atoms with van der Waals surface area (Å²) in [6.07, 6.45) is 1.39. The number of anilines is 2. The van der Waals surface area contributed by atoms with Gasteiger partial charge in [-0.25, -0.2) is 0 Å². The van der Waals surface area contributed by atoms with Crippen molar-refractivity contribution in [1.29, 1.82) is 0 Å². The Morgan fingerprint density at radius 1 is 1.38 bits per heavy atom. The number of benzene rings is 1. The molecule has 1 aliphatic heterocycles. The van der Waals surface area contributed by atoms with Gasteiger partial charge in [0.05, 0.1) is 12.2 Å². The summed E-state index contributed by atoms with van der Waals surface area (Å²) in [5.74, 6) is 0.0484. The van der Waals surface area contributed by atoms with Crippen LogP contribution in [0.2, 0.25) is 0 Å². The molecule has 0 aromatic heterocycles. The third kappa shape index (κ3) is 5.36. The molecule has 1 aliphatic rings. The summed E-state index contributed by atoms with van der Waals surface area (Å²) in [5, 5.41) is 2.89. The van der Waals surface area contributed by atoms with Crippen molar-refractivity contribution in [2.45, 2.75) is 32.3 Å². The molecule has 1 saturated heterocycles. The Balaban J connectivity index is 1.68. The maximum atomic E-state index is 11.9. The number of amides is 1. The van der Waals surface area contributed by atoms with Crippen LogP contribution in [0.4, 0.5) is 11.4 Å². The fourth-order valence-corrected chi connectivity index (χ4v) is 2.56. The maximum absolute atomic E-state index is 11.9. The number of nitrogens with zero attached hydrogens (tertiary/aromatic N) is 1. The molecule has 1 fully saturated rings. The molecule has 2 rings (SSSR count). The fourth-order valence-electron chi connectivity index (χ4n) is 2.56. The molecule has 1 amide bonds. The zero-order valence-corrected chi connectivity index (χ0v) is 12.9. The smallest absolute Gasteiger partial charge is 0.224 e. The lowest BCUT2D eigenvalue weighted by Crippen LogP contribution is -2.48. The van der Waals surface area contributed by atoms with Crippen LogP contribution in [0.5, 0.6) is 0 Å². The van der Waals surface area contributed by atoms with Crippen molar-refractivity contribution < 1.29 is 9.53 Å². The molecule has 21 heavy (non-hydrogen) atoms. The van der Waals surface area contributed by atoms with Gasteiger partial charge in [-0.3, -0.25) is 9.69 Å². The van der Waals surface area contributed by atoms with Crippen molar-refractivity contribution in [2.24, 2.45) is 0 Å². The first-order valence-electron chi connectivity index (χ1n) is 7.46. The molecule has 5 heteroatoms. The Kier molecular flexibility index (Phi) is 5.20. The summed E-state index contributed by atoms with van der Waals surface area (Å²) >= 11 is 0. The largest absolute Gasteiger partial charge is 0.399 e. The molecule has 0 spiro atoms. The molecule has 3 N–H and O–H groups in total. The van der Waals surface area contributed by atoms with Gasteiger partial charge in [-0.1, -0.05) is 0 Å². The number of ether oxygens (including phenoxy) is 1. The van der Waals surface area contributed by atoms with Crippen LogP contribution in [0.25, 0.3) is 0 Å². The molecule has 0 unspecified atom stereocenters. The molecule has 5 nitrogen and oxygen atoms in total. The number of rotatable bonds is 5. The van der Waals surface area contributed by atoms with Crippen LogP contribution in [0.15, 0.2) is 24.3 Å². The van der Waals surface area contributed by atoms with Crippen molar-refractivity contribution in [1.82, 2.24) is 4.90 Å². The number of nitrogen functional groups attached to an aromatic ring is 1. The van der Waals surface area contributed by atoms with Crippen LogP contribution < -0.4 is 11.1 Å². The van der Waals surface area contributed by atoms with E-state index in [1.807, 2.05) is 12.1 Å². The summed E-state index contributed by atoms with van der Waals surface area (Å²) in [7, 11) is 0. The standard InChI is InChI=1S/C16H25N3O2/c1-16(2)12-19(10-11-21-16)9-3-4-15(20)18-14-7-5-13(17)6-8-14/h5-8H,3-4,9-12,17H2,1-2H3,(H,18,20). The van der Waals surface area contributed by atoms with Crippen LogP contribution in [0, 0.1) is 0 Å². The van der Waals surface area contributed by atoms with Crippen molar-refractivity contribution >= 4 is 17.3 Å². The summed E-state index contributed by atoms with van der Waals surface area (Å²) < 4.78 is 5.68. The highest BCUT2D eigenvalue weighted by Crippen LogP contribution is 2.17. The summed E-state index contributed by atoms with van der Waals surface area (Å²) in [6.45, 7) is 7.78. The Labute approximate surface area is 126 Å². The highest BCUT2D eigenvalue weighted by Gasteiger charge is 2.26. The molecule has 0 bridgehead atoms. The lowest BCUT2D eigenvalue weighted by atomic mass is 10.1. The Morgan fingerprint density at radius 3 is 2.76 bits per heavy atom. The van der Waals surface area contributed by atoms with E-state index in [4.69, 9.17) is 10.5 Å². The average molecular weight is 291 g/mol. The first-order valence-corrected chi connectivity index (χ1v) is 7.46. The predicted octanol–water partition coefficient (Wildman–Crippen LogP) is 2.10. The van der Waals surface area contributed by atoms with Gasteiger partial charge in [0.25, 0.3) is 0 Å². The SMILES string of the molecule is CC1(C)CN(CCCC(=O)Nc2ccc(N)cc2)CCO1. The van der Waals surface area contributed by atoms with Gasteiger partial charge in [0.1, 0.15) is 0 Å². The normalized spacial score (nSPS) is 18.4. The topological polar surface area (TPSA) is 67.6 Å². The number of carbonyl (C=O) groups is 1. The summed E-state index contributed by atoms with van der Waals surface area (Å²) in [4.78, 5) is 14.2. The van der Waals surface area contributed by atoms with E-state index >= 15 is 0 Å². The molecular weight excluding hydrogens is 266 g/mol. The van der Waals surface area contributed by atoms with Gasteiger partial charge >= 0.3 is 0 Å². The first kappa shape index (κ1) is 15.8. The van der Waals surface area contributed by atoms with E-state index < -0.39 is 0 Å². The Hall–Kier alpha value is -1.59. The van der Waals surface area contributed by atoms with Gasteiger partial charge in [-0.05, 0) is 51.1 Å². The first-order chi connectivity index (χ1) is 9.94. The van der Waals surface area contributed by atoms with E-state index in [1.54, 1.807) is 12.1 Å². The zero-order chi connectivity index (χ0) is 15.3. The second kappa shape index (κ2) is 6.91. The third-order valence-electron chi connectivity index (χ3n) is 3.58. The van der Waals surface area contributed by atoms with Gasteiger partial charge in [0, 0.05) is 30.9 Å². The average Bonchev–Trinajstić information content (AvgIpc) is 2.40. The highest BCUT2D eigenvalue weighted by molar-refractivity contribution is 5.90. The van der Waals surface area contributed by atoms with E-state index in [9.17, 15) is 4.79 Å². The zero-order valence-electron chi connectivity index (χ0n) is 12.9. The number of nitrogens with two attached hydrogens (primary N) is 1. The van der Waals surface area contributed by atoms with Crippen molar-refractivity contribution in [3.05, 3.63) is 24.3 Å². The second-order valence-corrected chi connectivity index (χ2v) is 6.16. The van der Waals surface area contributed by atoms with Crippen LogP contribution >= 0.6 is 0 Å². The molecule has 1 aromatic carbocycles. The summed E-state index contributed by atoms with van der Waals surface area (Å²) in [5.41, 5.74) is 7.03. The van der Waals surface area contributed by atoms with E-state index in [2.05, 4.69) is 24.1 Å². The second-order valence-electron chi connectivity index (χ2n) is 6.16. The van der Waals surface area contributed by atoms with E-state index in [1.165, 1.54) is 0 Å². The van der Waals surface area contributed by atoms with E-state index in [0.717, 1.165) is 38.3 Å². The number of hydrogen-bond acceptors (Lipinski definition) is 4. The quantitative estimate of drug-likeness (QED) is 0.815. The fraction of sp³-hybridized carbons (Fsp3) is 0.562. The van der Waals surface area contributed by atoms with E-state index in [0.29, 0.717) is 12.1 Å². The number of nitrogens with one attached hydrogen (secondary N) is 1. The minimum atomic E-state index is -0.0789. The highest BCUT2D eigenvalue weighted by atomic mass is 16.5. The number of morpholine rings is 1. The minimum absolute atomic E-state index is 0.0484. The molecule has 116 valence electrons. The van der Waals surface area contributed by atoms with E-state index in [-0.39, 0.29) is 11.5 Å². The molecule has 1 heterocycles. The Bertz CT molecular complexity index is 471. The van der Waals surface area contributed by atoms with Crippen molar-refractivity contribution in [3.63, 3.8) is 0 Å². The van der Waals surface area contributed by atoms with Crippen LogP contribution in [0.1, 0.15) is 26.7 Å². The lowest BCUT2D eigenvalue weighted by molar-refractivity contribution is -0.116.